The standard InChI is InChI=1S/C29H37NO11/c1-27-9-7-16(31)11-15(27)3-4-17-18-8-10-29(40,28(18,2)13-20(32)25(17)27)21(33)14-41-24(37)6-5-22(34)30-19(26(38)39)12-23(35)36/h7,9,11,17-20,25,32,40H,3-6,8,10,12-14H2,1-2H3,(H,30,34)(H,35,36)(H,38,39)/t17-,18?,19?,20?,25?,27-,28-,29-/m0/s1. The first-order valence-electron chi connectivity index (χ1n) is 13.9. The van der Waals surface area contributed by atoms with E-state index in [1.165, 1.54) is 0 Å². The number of carbonyl (C=O) groups excluding carboxylic acids is 4. The van der Waals surface area contributed by atoms with Gasteiger partial charge in [0.25, 0.3) is 0 Å². The second-order valence-corrected chi connectivity index (χ2v) is 12.3. The highest BCUT2D eigenvalue weighted by molar-refractivity contribution is 6.01. The first-order chi connectivity index (χ1) is 19.1. The third kappa shape index (κ3) is 5.46. The summed E-state index contributed by atoms with van der Waals surface area (Å²) in [6.45, 7) is 3.11. The van der Waals surface area contributed by atoms with Crippen LogP contribution in [0.25, 0.3) is 0 Å². The van der Waals surface area contributed by atoms with E-state index in [9.17, 15) is 39.0 Å². The van der Waals surface area contributed by atoms with Crippen molar-refractivity contribution in [3.63, 3.8) is 0 Å². The van der Waals surface area contributed by atoms with Crippen LogP contribution in [0.5, 0.6) is 0 Å². The minimum Gasteiger partial charge on any atom is -0.481 e. The number of hydrogen-bond donors (Lipinski definition) is 5. The van der Waals surface area contributed by atoms with Crippen LogP contribution in [0.15, 0.2) is 23.8 Å². The van der Waals surface area contributed by atoms with Crippen molar-refractivity contribution in [1.82, 2.24) is 5.32 Å². The number of aliphatic carboxylic acids is 2. The van der Waals surface area contributed by atoms with Crippen LogP contribution in [0, 0.1) is 28.6 Å². The molecule has 0 radical (unpaired) electrons. The number of nitrogens with one attached hydrogen (secondary N) is 1. The van der Waals surface area contributed by atoms with Crippen LogP contribution < -0.4 is 5.32 Å². The largest absolute Gasteiger partial charge is 0.481 e. The maximum atomic E-state index is 13.3. The van der Waals surface area contributed by atoms with Gasteiger partial charge >= 0.3 is 17.9 Å². The van der Waals surface area contributed by atoms with E-state index in [0.717, 1.165) is 12.0 Å². The van der Waals surface area contributed by atoms with Gasteiger partial charge in [0.2, 0.25) is 11.7 Å². The summed E-state index contributed by atoms with van der Waals surface area (Å²) >= 11 is 0. The number of carbonyl (C=O) groups is 6. The number of rotatable bonds is 10. The molecule has 0 aromatic carbocycles. The molecule has 4 aliphatic rings. The average molecular weight is 576 g/mol. The predicted octanol–water partition coefficient (Wildman–Crippen LogP) is 0.933. The first-order valence-corrected chi connectivity index (χ1v) is 13.9. The molecule has 3 saturated carbocycles. The molecule has 0 heterocycles. The van der Waals surface area contributed by atoms with Gasteiger partial charge in [-0.25, -0.2) is 4.79 Å². The Bertz CT molecular complexity index is 1220. The SMILES string of the molecule is C[C@]12C=CC(=O)C=C1CC[C@@H]1C2C(O)C[C@@]2(C)C1CC[C@]2(O)C(=O)COC(=O)CCC(=O)NC(CC(=O)O)C(=O)O. The maximum Gasteiger partial charge on any atom is 0.326 e. The summed E-state index contributed by atoms with van der Waals surface area (Å²) in [4.78, 5) is 71.4. The molecule has 4 rings (SSSR count). The fourth-order valence-corrected chi connectivity index (χ4v) is 7.98. The minimum atomic E-state index is -1.83. The molecule has 0 spiro atoms. The third-order valence-corrected chi connectivity index (χ3v) is 10.0. The molecule has 0 aromatic heterocycles. The summed E-state index contributed by atoms with van der Waals surface area (Å²) in [6.07, 6.45) is 4.74. The normalized spacial score (nSPS) is 36.2. The van der Waals surface area contributed by atoms with Crippen molar-refractivity contribution in [3.05, 3.63) is 23.8 Å². The first kappa shape index (κ1) is 30.6. The number of aliphatic hydroxyl groups excluding tert-OH is 1. The van der Waals surface area contributed by atoms with Crippen molar-refractivity contribution >= 4 is 35.4 Å². The quantitative estimate of drug-likeness (QED) is 0.232. The van der Waals surface area contributed by atoms with E-state index in [-0.39, 0.29) is 36.4 Å². The lowest BCUT2D eigenvalue weighted by Gasteiger charge is -2.59. The molecule has 8 atom stereocenters. The summed E-state index contributed by atoms with van der Waals surface area (Å²) in [7, 11) is 0. The van der Waals surface area contributed by atoms with Gasteiger partial charge < -0.3 is 30.5 Å². The Balaban J connectivity index is 1.37. The highest BCUT2D eigenvalue weighted by Gasteiger charge is 2.68. The highest BCUT2D eigenvalue weighted by Crippen LogP contribution is 2.67. The molecule has 4 aliphatic carbocycles. The van der Waals surface area contributed by atoms with Crippen molar-refractivity contribution in [2.75, 3.05) is 6.61 Å². The van der Waals surface area contributed by atoms with Crippen molar-refractivity contribution in [2.45, 2.75) is 83.0 Å². The lowest BCUT2D eigenvalue weighted by Crippen LogP contribution is -2.61. The van der Waals surface area contributed by atoms with Crippen molar-refractivity contribution in [2.24, 2.45) is 28.6 Å². The molecule has 0 saturated heterocycles. The number of aliphatic hydroxyl groups is 2. The summed E-state index contributed by atoms with van der Waals surface area (Å²) in [5.74, 6) is -5.70. The van der Waals surface area contributed by atoms with Crippen LogP contribution >= 0.6 is 0 Å². The van der Waals surface area contributed by atoms with E-state index in [4.69, 9.17) is 14.9 Å². The highest BCUT2D eigenvalue weighted by atomic mass is 16.5. The van der Waals surface area contributed by atoms with Gasteiger partial charge in [0.05, 0.1) is 18.9 Å². The molecule has 0 bridgehead atoms. The Morgan fingerprint density at radius 1 is 1.12 bits per heavy atom. The van der Waals surface area contributed by atoms with Gasteiger partial charge in [-0.3, -0.25) is 24.0 Å². The lowest BCUT2D eigenvalue weighted by molar-refractivity contribution is -0.181. The van der Waals surface area contributed by atoms with Crippen LogP contribution in [0.2, 0.25) is 0 Å². The second-order valence-electron chi connectivity index (χ2n) is 12.3. The van der Waals surface area contributed by atoms with E-state index in [1.54, 1.807) is 19.1 Å². The molecule has 0 aliphatic heterocycles. The van der Waals surface area contributed by atoms with Crippen molar-refractivity contribution in [1.29, 1.82) is 0 Å². The van der Waals surface area contributed by atoms with Gasteiger partial charge in [0.15, 0.2) is 12.4 Å². The Morgan fingerprint density at radius 2 is 1.83 bits per heavy atom. The van der Waals surface area contributed by atoms with Crippen molar-refractivity contribution < 1.29 is 53.9 Å². The number of amides is 1. The molecule has 41 heavy (non-hydrogen) atoms. The van der Waals surface area contributed by atoms with E-state index in [0.29, 0.717) is 12.8 Å². The van der Waals surface area contributed by atoms with Crippen LogP contribution in [-0.4, -0.2) is 80.2 Å². The number of esters is 1. The third-order valence-electron chi connectivity index (χ3n) is 10.0. The molecule has 0 aromatic rings. The van der Waals surface area contributed by atoms with Gasteiger partial charge in [-0.1, -0.05) is 25.5 Å². The number of hydrogen-bond acceptors (Lipinski definition) is 9. The molecule has 3 fully saturated rings. The molecule has 5 N–H and O–H groups in total. The average Bonchev–Trinajstić information content (AvgIpc) is 3.16. The molecule has 224 valence electrons. The fraction of sp³-hybridized carbons (Fsp3) is 0.655. The Morgan fingerprint density at radius 3 is 2.49 bits per heavy atom. The number of fused-ring (bicyclic) bond motifs is 5. The van der Waals surface area contributed by atoms with Crippen LogP contribution in [0.1, 0.15) is 65.2 Å². The number of allylic oxidation sites excluding steroid dienone is 4. The van der Waals surface area contributed by atoms with E-state index in [2.05, 4.69) is 0 Å². The molecule has 4 unspecified atom stereocenters. The van der Waals surface area contributed by atoms with Gasteiger partial charge in [-0.2, -0.15) is 0 Å². The number of carboxylic acid groups (broad SMARTS) is 2. The molecular formula is C29H37NO11. The van der Waals surface area contributed by atoms with Gasteiger partial charge in [-0.15, -0.1) is 0 Å². The lowest BCUT2D eigenvalue weighted by atomic mass is 9.46. The zero-order valence-electron chi connectivity index (χ0n) is 23.1. The summed E-state index contributed by atoms with van der Waals surface area (Å²) in [5, 5.41) is 42.9. The monoisotopic (exact) mass is 575 g/mol. The van der Waals surface area contributed by atoms with Crippen LogP contribution in [0.4, 0.5) is 0 Å². The van der Waals surface area contributed by atoms with E-state index < -0.39 is 84.0 Å². The zero-order chi connectivity index (χ0) is 30.3. The summed E-state index contributed by atoms with van der Waals surface area (Å²) in [5.41, 5.74) is -2.28. The van der Waals surface area contributed by atoms with E-state index >= 15 is 0 Å². The number of ketones is 2. The molecule has 12 nitrogen and oxygen atoms in total. The summed E-state index contributed by atoms with van der Waals surface area (Å²) < 4.78 is 5.05. The zero-order valence-corrected chi connectivity index (χ0v) is 23.1. The Kier molecular flexibility index (Phi) is 8.30. The van der Waals surface area contributed by atoms with Gasteiger partial charge in [0.1, 0.15) is 11.6 Å². The van der Waals surface area contributed by atoms with Crippen LogP contribution in [0.3, 0.4) is 0 Å². The topological polar surface area (TPSA) is 205 Å². The molecule has 12 heteroatoms. The Labute approximate surface area is 236 Å². The predicted molar refractivity (Wildman–Crippen MR) is 140 cm³/mol. The van der Waals surface area contributed by atoms with E-state index in [1.807, 2.05) is 18.3 Å². The number of Topliss-reactive ketones (excluding diaryl/α,β-unsaturated/α-hetero) is 1. The Hall–Kier alpha value is -3.38. The molecule has 1 amide bonds. The minimum absolute atomic E-state index is 0.0161. The fourth-order valence-electron chi connectivity index (χ4n) is 7.98. The second kappa shape index (κ2) is 11.1. The van der Waals surface area contributed by atoms with Gasteiger partial charge in [-0.05, 0) is 56.1 Å². The summed E-state index contributed by atoms with van der Waals surface area (Å²) in [6, 6.07) is -1.65. The van der Waals surface area contributed by atoms with Crippen molar-refractivity contribution in [3.8, 4) is 0 Å². The maximum absolute atomic E-state index is 13.3. The number of carboxylic acids is 2. The molecular weight excluding hydrogens is 538 g/mol. The smallest absolute Gasteiger partial charge is 0.326 e. The van der Waals surface area contributed by atoms with Crippen LogP contribution in [-0.2, 0) is 33.5 Å². The van der Waals surface area contributed by atoms with Gasteiger partial charge in [0, 0.05) is 23.2 Å². The number of ether oxygens (including phenoxy) is 1.